The minimum Gasteiger partial charge on any atom is 0 e. The van der Waals surface area contributed by atoms with Gasteiger partial charge in [-0.05, 0) is 23.7 Å². The van der Waals surface area contributed by atoms with E-state index in [1.165, 1.54) is 30.1 Å². The summed E-state index contributed by atoms with van der Waals surface area (Å²) in [4.78, 5) is 9.15. The third-order valence-corrected chi connectivity index (χ3v) is 13.7. The van der Waals surface area contributed by atoms with E-state index in [1.54, 1.807) is 11.3 Å². The topological polar surface area (TPSA) is 38.9 Å². The molecule has 4 aromatic heterocycles. The Labute approximate surface area is 290 Å². The van der Waals surface area contributed by atoms with Crippen LogP contribution in [0, 0.1) is 12.1 Å². The molecule has 0 aliphatic rings. The zero-order chi connectivity index (χ0) is 31.1. The minimum atomic E-state index is -1.72. The molecular formula is C40H34GeIrN2OS-2. The van der Waals surface area contributed by atoms with Gasteiger partial charge in [0.25, 0.3) is 0 Å². The third-order valence-electron chi connectivity index (χ3n) is 8.27. The molecule has 231 valence electrons. The quantitative estimate of drug-likeness (QED) is 0.131. The summed E-state index contributed by atoms with van der Waals surface area (Å²) < 4.78 is 10.5. The van der Waals surface area contributed by atoms with Crippen molar-refractivity contribution >= 4 is 71.1 Å². The second kappa shape index (κ2) is 13.2. The van der Waals surface area contributed by atoms with Gasteiger partial charge in [-0.1, -0.05) is 66.8 Å². The number of nitrogens with zero attached hydrogens (tertiary/aromatic N) is 2. The van der Waals surface area contributed by atoms with Gasteiger partial charge in [-0.2, -0.15) is 0 Å². The smallest absolute Gasteiger partial charge is 0 e. The number of thiophene rings is 1. The maximum Gasteiger partial charge on any atom is 0 e. The first-order chi connectivity index (χ1) is 21.8. The molecular weight excluding hydrogens is 821 g/mol. The Morgan fingerprint density at radius 3 is 2.24 bits per heavy atom. The molecule has 0 amide bonds. The number of pyridine rings is 2. The SMILES string of the molecule is CC(C)c1ccnc(-c2[c-]ccc3c2oc2c3ccc3c4ccccc4sc32)c1.[CH3][Ge]([CH3])([CH3])[c]1ccc(-c2[c-]cccc2)nc1.[Ir]. The second-order valence-corrected chi connectivity index (χ2v) is 24.4. The summed E-state index contributed by atoms with van der Waals surface area (Å²) in [6, 6.07) is 40.1. The Hall–Kier alpha value is -3.61. The van der Waals surface area contributed by atoms with Gasteiger partial charge in [-0.25, -0.2) is 0 Å². The van der Waals surface area contributed by atoms with Crippen molar-refractivity contribution in [2.75, 3.05) is 0 Å². The predicted octanol–water partition coefficient (Wildman–Crippen LogP) is 11.0. The van der Waals surface area contributed by atoms with E-state index in [0.29, 0.717) is 5.92 Å². The Bertz CT molecular complexity index is 2280. The van der Waals surface area contributed by atoms with Crippen molar-refractivity contribution in [3.8, 4) is 22.5 Å². The summed E-state index contributed by atoms with van der Waals surface area (Å²) in [5.74, 6) is 7.59. The van der Waals surface area contributed by atoms with Crippen molar-refractivity contribution in [3.05, 3.63) is 127 Å². The molecule has 0 atom stereocenters. The Morgan fingerprint density at radius 1 is 0.717 bits per heavy atom. The molecule has 0 bridgehead atoms. The van der Waals surface area contributed by atoms with Crippen molar-refractivity contribution in [1.29, 1.82) is 0 Å². The fraction of sp³-hybridized carbons (Fsp3) is 0.150. The average molecular weight is 856 g/mol. The van der Waals surface area contributed by atoms with Gasteiger partial charge in [0, 0.05) is 47.2 Å². The number of hydrogen-bond acceptors (Lipinski definition) is 4. The maximum absolute atomic E-state index is 6.52. The summed E-state index contributed by atoms with van der Waals surface area (Å²) in [7, 11) is 0. The van der Waals surface area contributed by atoms with Gasteiger partial charge < -0.3 is 9.40 Å². The van der Waals surface area contributed by atoms with Crippen LogP contribution in [-0.2, 0) is 20.1 Å². The van der Waals surface area contributed by atoms with Gasteiger partial charge in [0.2, 0.25) is 0 Å². The van der Waals surface area contributed by atoms with E-state index in [4.69, 9.17) is 4.42 Å². The zero-order valence-electron chi connectivity index (χ0n) is 26.5. The molecule has 0 spiro atoms. The molecule has 8 rings (SSSR count). The minimum absolute atomic E-state index is 0. The van der Waals surface area contributed by atoms with Crippen LogP contribution in [-0.4, -0.2) is 23.2 Å². The van der Waals surface area contributed by atoms with Crippen LogP contribution in [0.3, 0.4) is 0 Å². The third kappa shape index (κ3) is 6.22. The molecule has 6 heteroatoms. The van der Waals surface area contributed by atoms with Gasteiger partial charge in [0.05, 0.1) is 10.3 Å². The van der Waals surface area contributed by atoms with Crippen LogP contribution in [0.5, 0.6) is 0 Å². The molecule has 8 aromatic rings. The number of furan rings is 1. The summed E-state index contributed by atoms with van der Waals surface area (Å²) >= 11 is 0.0789. The van der Waals surface area contributed by atoms with E-state index in [1.807, 2.05) is 42.7 Å². The molecule has 1 radical (unpaired) electrons. The largest absolute Gasteiger partial charge is 0 e. The van der Waals surface area contributed by atoms with Gasteiger partial charge in [0.1, 0.15) is 5.58 Å². The van der Waals surface area contributed by atoms with Crippen LogP contribution in [0.25, 0.3) is 64.6 Å². The zero-order valence-corrected chi connectivity index (χ0v) is 31.8. The van der Waals surface area contributed by atoms with Crippen LogP contribution in [0.4, 0.5) is 0 Å². The van der Waals surface area contributed by atoms with Crippen molar-refractivity contribution in [2.45, 2.75) is 37.0 Å². The maximum atomic E-state index is 6.52. The van der Waals surface area contributed by atoms with E-state index in [9.17, 15) is 0 Å². The number of benzene rings is 4. The molecule has 0 N–H and O–H groups in total. The molecule has 0 fully saturated rings. The van der Waals surface area contributed by atoms with E-state index in [-0.39, 0.29) is 20.1 Å². The van der Waals surface area contributed by atoms with E-state index in [0.717, 1.165) is 44.5 Å². The van der Waals surface area contributed by atoms with Gasteiger partial charge in [-0.3, -0.25) is 0 Å². The number of fused-ring (bicyclic) bond motifs is 7. The van der Waals surface area contributed by atoms with Crippen LogP contribution in [0.1, 0.15) is 25.3 Å². The molecule has 3 nitrogen and oxygen atoms in total. The van der Waals surface area contributed by atoms with Gasteiger partial charge >= 0.3 is 99.8 Å². The molecule has 4 aromatic carbocycles. The Kier molecular flexibility index (Phi) is 9.31. The van der Waals surface area contributed by atoms with Gasteiger partial charge in [-0.15, -0.1) is 29.5 Å². The van der Waals surface area contributed by atoms with E-state index in [2.05, 4.69) is 120 Å². The standard InChI is InChI=1S/C26H18NOS.C14H16GeN.Ir/c1-15(2)16-12-13-27-22(14-16)21-8-5-7-18-19-10-11-20-17-6-3-4-9-23(17)29-26(20)25(19)28-24(18)21;1-15(2,3)13-9-10-14(16-11-13)12-7-5-4-6-8-12;/h3-7,9-15H,1-2H3;4-7,9-11H,1-3H3;/q2*-1;. The summed E-state index contributed by atoms with van der Waals surface area (Å²) in [5, 5.41) is 4.80. The first kappa shape index (κ1) is 32.3. The van der Waals surface area contributed by atoms with Crippen molar-refractivity contribution < 1.29 is 24.5 Å². The average Bonchev–Trinajstić information content (AvgIpc) is 3.64. The van der Waals surface area contributed by atoms with Crippen molar-refractivity contribution in [3.63, 3.8) is 0 Å². The van der Waals surface area contributed by atoms with Crippen LogP contribution >= 0.6 is 11.3 Å². The molecule has 46 heavy (non-hydrogen) atoms. The molecule has 0 unspecified atom stereocenters. The van der Waals surface area contributed by atoms with Crippen molar-refractivity contribution in [2.24, 2.45) is 0 Å². The summed E-state index contributed by atoms with van der Waals surface area (Å²) in [6.45, 7) is 4.39. The van der Waals surface area contributed by atoms with Crippen molar-refractivity contribution in [1.82, 2.24) is 9.97 Å². The first-order valence-electron chi connectivity index (χ1n) is 15.3. The number of rotatable bonds is 4. The summed E-state index contributed by atoms with van der Waals surface area (Å²) in [6.07, 6.45) is 3.92. The Balaban J connectivity index is 0.000000187. The van der Waals surface area contributed by atoms with Crippen LogP contribution in [0.15, 0.2) is 114 Å². The molecule has 4 heterocycles. The molecule has 0 aliphatic carbocycles. The van der Waals surface area contributed by atoms with E-state index < -0.39 is 13.3 Å². The van der Waals surface area contributed by atoms with E-state index >= 15 is 0 Å². The predicted molar refractivity (Wildman–Crippen MR) is 194 cm³/mol. The molecule has 0 saturated heterocycles. The van der Waals surface area contributed by atoms with Crippen LogP contribution < -0.4 is 4.40 Å². The molecule has 0 aliphatic heterocycles. The second-order valence-electron chi connectivity index (χ2n) is 12.7. The normalized spacial score (nSPS) is 11.6. The first-order valence-corrected chi connectivity index (χ1v) is 23.5. The molecule has 0 saturated carbocycles. The van der Waals surface area contributed by atoms with Crippen LogP contribution in [0.2, 0.25) is 17.3 Å². The number of hydrogen-bond donors (Lipinski definition) is 0. The monoisotopic (exact) mass is 857 g/mol. The Morgan fingerprint density at radius 2 is 1.50 bits per heavy atom. The summed E-state index contributed by atoms with van der Waals surface area (Å²) in [5.41, 5.74) is 7.00. The van der Waals surface area contributed by atoms with Gasteiger partial charge in [0.15, 0.2) is 0 Å². The fourth-order valence-electron chi connectivity index (χ4n) is 5.66. The number of aromatic nitrogens is 2. The fourth-order valence-corrected chi connectivity index (χ4v) is 9.02.